The van der Waals surface area contributed by atoms with Gasteiger partial charge in [0, 0.05) is 0 Å². The molecule has 0 radical (unpaired) electrons. The number of carbonyl (C=O) groups excluding carboxylic acids is 9. The molecule has 8 amide bonds. The van der Waals surface area contributed by atoms with Crippen molar-refractivity contribution >= 4 is 53.2 Å². The summed E-state index contributed by atoms with van der Waals surface area (Å²) in [4.78, 5) is 122. The molecule has 0 aromatic heterocycles. The van der Waals surface area contributed by atoms with Crippen LogP contribution in [0, 0.1) is 17.8 Å². The van der Waals surface area contributed by atoms with Gasteiger partial charge in [0.15, 0.2) is 6.04 Å². The highest BCUT2D eigenvalue weighted by molar-refractivity contribution is 6.00. The molecule has 1 saturated heterocycles. The summed E-state index contributed by atoms with van der Waals surface area (Å²) in [5.74, 6) is -9.23. The molecule has 21 heteroatoms. The number of aliphatic hydroxyl groups excluding tert-OH is 1. The molecule has 0 bridgehead atoms. The van der Waals surface area contributed by atoms with Crippen molar-refractivity contribution in [1.82, 2.24) is 37.2 Å². The quantitative estimate of drug-likeness (QED) is 0.0429. The van der Waals surface area contributed by atoms with Crippen LogP contribution in [-0.4, -0.2) is 126 Å². The van der Waals surface area contributed by atoms with Crippen LogP contribution in [0.5, 0.6) is 0 Å². The topological polar surface area (TPSA) is 345 Å². The second-order valence-electron chi connectivity index (χ2n) is 17.4. The first-order valence-electron chi connectivity index (χ1n) is 21.8. The first kappa shape index (κ1) is 54.5. The van der Waals surface area contributed by atoms with Gasteiger partial charge in [-0.05, 0) is 81.7 Å². The predicted molar refractivity (Wildman–Crippen MR) is 235 cm³/mol. The summed E-state index contributed by atoms with van der Waals surface area (Å²) in [7, 11) is 0. The molecule has 1 fully saturated rings. The van der Waals surface area contributed by atoms with Crippen LogP contribution >= 0.6 is 0 Å². The molecule has 1 aromatic carbocycles. The van der Waals surface area contributed by atoms with E-state index in [-0.39, 0.29) is 56.4 Å². The molecule has 2 rings (SSSR count). The molecule has 0 unspecified atom stereocenters. The molecule has 64 heavy (non-hydrogen) atoms. The molecule has 0 saturated carbocycles. The van der Waals surface area contributed by atoms with Gasteiger partial charge in [0.05, 0.1) is 12.6 Å². The van der Waals surface area contributed by atoms with E-state index in [0.29, 0.717) is 12.8 Å². The summed E-state index contributed by atoms with van der Waals surface area (Å²) in [6, 6.07) is -2.23. The van der Waals surface area contributed by atoms with E-state index in [1.807, 2.05) is 45.9 Å². The number of cyclic esters (lactones) is 1. The van der Waals surface area contributed by atoms with Crippen molar-refractivity contribution in [3.05, 3.63) is 35.9 Å². The molecule has 0 aliphatic carbocycles. The van der Waals surface area contributed by atoms with Crippen molar-refractivity contribution < 1.29 is 53.0 Å². The Balaban J connectivity index is 2.42. The molecule has 358 valence electrons. The monoisotopic (exact) mass is 903 g/mol. The minimum Gasteiger partial charge on any atom is -0.448 e. The lowest BCUT2D eigenvalue weighted by atomic mass is 10.00. The number of hydrogen-bond donors (Lipinski definition) is 11. The number of ether oxygens (including phenoxy) is 1. The zero-order valence-corrected chi connectivity index (χ0v) is 37.9. The number of nitrogens with two attached hydrogens (primary N) is 3. The minimum atomic E-state index is -2.22. The fourth-order valence-corrected chi connectivity index (χ4v) is 6.80. The van der Waals surface area contributed by atoms with Crippen molar-refractivity contribution in [2.45, 2.75) is 148 Å². The lowest BCUT2D eigenvalue weighted by Gasteiger charge is -2.29. The Labute approximate surface area is 374 Å². The van der Waals surface area contributed by atoms with Gasteiger partial charge in [-0.1, -0.05) is 71.9 Å². The SMILES string of the molecule is CC(C)C[C@@H](NC(=O)[C@@H](N)Cc1ccccc1)C(=O)N[C@H](CCCCN)C(=O)N[C@@H](CO)C(=O)N[C@@H]1C(=O)N[C@H](C)C(=O)N[C@H](CC(C)C)C(=O)N[C@H](CC(C)C)C(=O)O[C@H]1C(N)=O. The summed E-state index contributed by atoms with van der Waals surface area (Å²) >= 11 is 0. The van der Waals surface area contributed by atoms with Gasteiger partial charge in [-0.3, -0.25) is 38.4 Å². The van der Waals surface area contributed by atoms with Gasteiger partial charge in [0.1, 0.15) is 36.3 Å². The number of hydrogen-bond acceptors (Lipinski definition) is 13. The lowest BCUT2D eigenvalue weighted by Crippen LogP contribution is -2.64. The van der Waals surface area contributed by atoms with Crippen molar-refractivity contribution in [3.8, 4) is 0 Å². The highest BCUT2D eigenvalue weighted by atomic mass is 16.6. The van der Waals surface area contributed by atoms with Crippen LogP contribution in [-0.2, 0) is 54.3 Å². The van der Waals surface area contributed by atoms with E-state index < -0.39 is 114 Å². The maximum absolute atomic E-state index is 13.9. The number of benzene rings is 1. The molecule has 1 aromatic rings. The summed E-state index contributed by atoms with van der Waals surface area (Å²) in [5.41, 5.74) is 18.3. The largest absolute Gasteiger partial charge is 0.448 e. The number of nitrogens with one attached hydrogen (secondary N) is 7. The number of rotatable bonds is 22. The maximum atomic E-state index is 13.9. The Kier molecular flexibility index (Phi) is 22.8. The third-order valence-corrected chi connectivity index (χ3v) is 10.2. The maximum Gasteiger partial charge on any atom is 0.329 e. The standard InChI is InChI=1S/C43H70N10O11/c1-22(2)17-29-40(60)51-31(19-24(5)6)43(63)64-34(35(46)55)33(42(62)47-25(7)36(56)49-29)53-41(61)32(21-54)52-38(58)28(15-11-12-16-44)48-39(59)30(18-23(3)4)50-37(57)27(45)20-26-13-9-8-10-14-26/h8-10,13-14,22-25,27-34,54H,11-12,15-21,44-45H2,1-7H3,(H2,46,55)(H,47,62)(H,48,59)(H,49,56)(H,50,57)(H,51,60)(H,52,58)(H,53,61)/t25-,27+,28-,29-,30-,31-,32+,33+,34-/m1/s1. The molecule has 0 spiro atoms. The lowest BCUT2D eigenvalue weighted by molar-refractivity contribution is -0.162. The van der Waals surface area contributed by atoms with E-state index in [4.69, 9.17) is 21.9 Å². The highest BCUT2D eigenvalue weighted by Crippen LogP contribution is 2.14. The van der Waals surface area contributed by atoms with Gasteiger partial charge in [0.2, 0.25) is 47.5 Å². The Morgan fingerprint density at radius 2 is 1.28 bits per heavy atom. The zero-order chi connectivity index (χ0) is 48.3. The molecule has 14 N–H and O–H groups in total. The summed E-state index contributed by atoms with van der Waals surface area (Å²) in [5, 5.41) is 27.7. The van der Waals surface area contributed by atoms with E-state index in [1.54, 1.807) is 26.0 Å². The first-order valence-corrected chi connectivity index (χ1v) is 21.8. The number of aliphatic hydroxyl groups is 1. The average Bonchev–Trinajstić information content (AvgIpc) is 3.22. The molecular formula is C43H70N10O11. The van der Waals surface area contributed by atoms with Gasteiger partial charge in [-0.2, -0.15) is 0 Å². The second kappa shape index (κ2) is 26.8. The van der Waals surface area contributed by atoms with Crippen LogP contribution in [0.1, 0.15) is 92.6 Å². The van der Waals surface area contributed by atoms with Crippen LogP contribution < -0.4 is 54.4 Å². The van der Waals surface area contributed by atoms with Gasteiger partial charge >= 0.3 is 5.97 Å². The van der Waals surface area contributed by atoms with Crippen molar-refractivity contribution in [2.24, 2.45) is 35.0 Å². The van der Waals surface area contributed by atoms with E-state index >= 15 is 0 Å². The van der Waals surface area contributed by atoms with Gasteiger partial charge in [-0.15, -0.1) is 0 Å². The Bertz CT molecular complexity index is 1760. The van der Waals surface area contributed by atoms with Gasteiger partial charge in [0.25, 0.3) is 5.91 Å². The summed E-state index contributed by atoms with van der Waals surface area (Å²) in [6.07, 6.45) is -0.880. The summed E-state index contributed by atoms with van der Waals surface area (Å²) < 4.78 is 5.45. The minimum absolute atomic E-state index is 0.00596. The number of carbonyl (C=O) groups is 9. The normalized spacial score (nSPS) is 21.6. The molecule has 1 heterocycles. The second-order valence-corrected chi connectivity index (χ2v) is 17.4. The van der Waals surface area contributed by atoms with Crippen molar-refractivity contribution in [3.63, 3.8) is 0 Å². The predicted octanol–water partition coefficient (Wildman–Crippen LogP) is -2.36. The molecular weight excluding hydrogens is 833 g/mol. The average molecular weight is 903 g/mol. The zero-order valence-electron chi connectivity index (χ0n) is 37.9. The summed E-state index contributed by atoms with van der Waals surface area (Å²) in [6.45, 7) is 11.3. The van der Waals surface area contributed by atoms with Gasteiger partial charge < -0.3 is 64.3 Å². The fraction of sp³-hybridized carbons (Fsp3) is 0.651. The van der Waals surface area contributed by atoms with E-state index in [1.165, 1.54) is 6.92 Å². The van der Waals surface area contributed by atoms with Crippen molar-refractivity contribution in [2.75, 3.05) is 13.2 Å². The van der Waals surface area contributed by atoms with E-state index in [0.717, 1.165) is 5.56 Å². The van der Waals surface area contributed by atoms with Gasteiger partial charge in [-0.25, -0.2) is 4.79 Å². The molecule has 9 atom stereocenters. The molecule has 21 nitrogen and oxygen atoms in total. The van der Waals surface area contributed by atoms with Crippen LogP contribution in [0.15, 0.2) is 30.3 Å². The fourth-order valence-electron chi connectivity index (χ4n) is 6.80. The van der Waals surface area contributed by atoms with Crippen LogP contribution in [0.25, 0.3) is 0 Å². The van der Waals surface area contributed by atoms with Crippen molar-refractivity contribution in [1.29, 1.82) is 0 Å². The highest BCUT2D eigenvalue weighted by Gasteiger charge is 2.42. The molecule has 1 aliphatic heterocycles. The van der Waals surface area contributed by atoms with E-state index in [2.05, 4.69) is 37.2 Å². The number of esters is 1. The van der Waals surface area contributed by atoms with Crippen LogP contribution in [0.2, 0.25) is 0 Å². The number of unbranched alkanes of at least 4 members (excludes halogenated alkanes) is 1. The van der Waals surface area contributed by atoms with Crippen LogP contribution in [0.3, 0.4) is 0 Å². The third kappa shape index (κ3) is 18.2. The number of primary amides is 1. The Morgan fingerprint density at radius 1 is 0.719 bits per heavy atom. The number of amides is 8. The molecule has 1 aliphatic rings. The Hall–Kier alpha value is -5.67. The smallest absolute Gasteiger partial charge is 0.329 e. The van der Waals surface area contributed by atoms with E-state index in [9.17, 15) is 48.3 Å². The third-order valence-electron chi connectivity index (χ3n) is 10.2. The first-order chi connectivity index (χ1) is 30.1. The van der Waals surface area contributed by atoms with Crippen LogP contribution in [0.4, 0.5) is 0 Å². The Morgan fingerprint density at radius 3 is 1.84 bits per heavy atom.